The Hall–Kier alpha value is -1.39. The first-order valence-electron chi connectivity index (χ1n) is 5.87. The van der Waals surface area contributed by atoms with Gasteiger partial charge in [0.1, 0.15) is 5.82 Å². The van der Waals surface area contributed by atoms with Gasteiger partial charge in [-0.1, -0.05) is 20.3 Å². The largest absolute Gasteiger partial charge is 0.349 e. The number of carbonyl (C=O) groups is 1. The molecule has 2 N–H and O–H groups in total. The maximum Gasteiger partial charge on any atom is 0.290 e. The highest BCUT2D eigenvalue weighted by Crippen LogP contribution is 2.25. The summed E-state index contributed by atoms with van der Waals surface area (Å²) in [5.74, 6) is 1.76. The predicted octanol–water partition coefficient (Wildman–Crippen LogP) is 1.46. The third kappa shape index (κ3) is 2.40. The monoisotopic (exact) mass is 222 g/mol. The van der Waals surface area contributed by atoms with E-state index in [1.165, 1.54) is 19.3 Å². The highest BCUT2D eigenvalue weighted by Gasteiger charge is 2.19. The molecule has 1 fully saturated rings. The van der Waals surface area contributed by atoms with Crippen molar-refractivity contribution in [2.24, 2.45) is 5.92 Å². The summed E-state index contributed by atoms with van der Waals surface area (Å²) in [6.45, 7) is 4.78. The fourth-order valence-corrected chi connectivity index (χ4v) is 1.65. The van der Waals surface area contributed by atoms with Gasteiger partial charge >= 0.3 is 0 Å². The Morgan fingerprint density at radius 2 is 2.31 bits per heavy atom. The molecule has 0 aliphatic heterocycles. The van der Waals surface area contributed by atoms with Gasteiger partial charge in [0.15, 0.2) is 0 Å². The molecule has 0 bridgehead atoms. The zero-order valence-electron chi connectivity index (χ0n) is 9.79. The number of aromatic amines is 1. The first-order chi connectivity index (χ1) is 7.66. The lowest BCUT2D eigenvalue weighted by atomic mass is 9.85. The van der Waals surface area contributed by atoms with Gasteiger partial charge in [-0.15, -0.1) is 5.10 Å². The summed E-state index contributed by atoms with van der Waals surface area (Å²) in [5.41, 5.74) is 0. The highest BCUT2D eigenvalue weighted by atomic mass is 16.2. The van der Waals surface area contributed by atoms with Crippen molar-refractivity contribution in [3.05, 3.63) is 11.6 Å². The summed E-state index contributed by atoms with van der Waals surface area (Å²) < 4.78 is 0. The van der Waals surface area contributed by atoms with E-state index >= 15 is 0 Å². The van der Waals surface area contributed by atoms with Gasteiger partial charge in [0.05, 0.1) is 0 Å². The van der Waals surface area contributed by atoms with Gasteiger partial charge in [-0.2, -0.15) is 0 Å². The molecule has 2 rings (SSSR count). The van der Waals surface area contributed by atoms with Crippen molar-refractivity contribution in [3.8, 4) is 0 Å². The van der Waals surface area contributed by atoms with E-state index in [9.17, 15) is 4.79 Å². The number of nitrogens with one attached hydrogen (secondary N) is 2. The van der Waals surface area contributed by atoms with E-state index in [1.807, 2.05) is 13.8 Å². The zero-order chi connectivity index (χ0) is 11.5. The Kier molecular flexibility index (Phi) is 3.22. The van der Waals surface area contributed by atoms with Gasteiger partial charge in [0.25, 0.3) is 5.91 Å². The Labute approximate surface area is 95.0 Å². The molecule has 5 nitrogen and oxygen atoms in total. The van der Waals surface area contributed by atoms with Crippen molar-refractivity contribution < 1.29 is 4.79 Å². The van der Waals surface area contributed by atoms with E-state index in [-0.39, 0.29) is 17.6 Å². The smallest absolute Gasteiger partial charge is 0.290 e. The third-order valence-electron chi connectivity index (χ3n) is 3.03. The predicted molar refractivity (Wildman–Crippen MR) is 60.1 cm³/mol. The van der Waals surface area contributed by atoms with Gasteiger partial charge in [-0.05, 0) is 18.8 Å². The van der Waals surface area contributed by atoms with Gasteiger partial charge in [0.2, 0.25) is 5.82 Å². The molecule has 1 saturated carbocycles. The molecule has 16 heavy (non-hydrogen) atoms. The lowest BCUT2D eigenvalue weighted by Gasteiger charge is -2.24. The topological polar surface area (TPSA) is 70.7 Å². The maximum absolute atomic E-state index is 11.7. The van der Waals surface area contributed by atoms with Crippen molar-refractivity contribution in [3.63, 3.8) is 0 Å². The van der Waals surface area contributed by atoms with Crippen molar-refractivity contribution in [2.75, 3.05) is 6.54 Å². The standard InChI is InChI=1S/C11H18N4O/c1-7(2)9-13-10(15-14-9)11(16)12-6-8-4-3-5-8/h7-8H,3-6H2,1-2H3,(H,12,16)(H,13,14,15). The fourth-order valence-electron chi connectivity index (χ4n) is 1.65. The Morgan fingerprint density at radius 1 is 1.56 bits per heavy atom. The van der Waals surface area contributed by atoms with Crippen LogP contribution in [0.25, 0.3) is 0 Å². The number of amides is 1. The molecule has 1 aromatic heterocycles. The van der Waals surface area contributed by atoms with Gasteiger partial charge in [-0.3, -0.25) is 9.89 Å². The van der Waals surface area contributed by atoms with Crippen LogP contribution < -0.4 is 5.32 Å². The van der Waals surface area contributed by atoms with E-state index in [2.05, 4.69) is 20.5 Å². The van der Waals surface area contributed by atoms with Gasteiger partial charge in [-0.25, -0.2) is 4.98 Å². The van der Waals surface area contributed by atoms with Crippen LogP contribution >= 0.6 is 0 Å². The molecule has 0 atom stereocenters. The molecule has 1 aliphatic carbocycles. The molecule has 0 unspecified atom stereocenters. The fraction of sp³-hybridized carbons (Fsp3) is 0.727. The van der Waals surface area contributed by atoms with Crippen LogP contribution in [0, 0.1) is 5.92 Å². The number of aromatic nitrogens is 3. The number of hydrogen-bond acceptors (Lipinski definition) is 3. The molecule has 0 radical (unpaired) electrons. The van der Waals surface area contributed by atoms with E-state index in [0.29, 0.717) is 5.92 Å². The number of hydrogen-bond donors (Lipinski definition) is 2. The van der Waals surface area contributed by atoms with Gasteiger partial charge < -0.3 is 5.32 Å². The minimum absolute atomic E-state index is 0.171. The Bertz CT molecular complexity index is 368. The molecule has 0 aromatic carbocycles. The molecule has 1 amide bonds. The minimum Gasteiger partial charge on any atom is -0.349 e. The Morgan fingerprint density at radius 3 is 2.81 bits per heavy atom. The summed E-state index contributed by atoms with van der Waals surface area (Å²) in [5, 5.41) is 9.56. The molecular weight excluding hydrogens is 204 g/mol. The molecule has 0 spiro atoms. The lowest BCUT2D eigenvalue weighted by molar-refractivity contribution is 0.0929. The van der Waals surface area contributed by atoms with Crippen molar-refractivity contribution in [2.45, 2.75) is 39.0 Å². The van der Waals surface area contributed by atoms with Crippen LogP contribution in [0.5, 0.6) is 0 Å². The number of rotatable bonds is 4. The number of carbonyl (C=O) groups excluding carboxylic acids is 1. The minimum atomic E-state index is -0.171. The van der Waals surface area contributed by atoms with Crippen LogP contribution in [0.2, 0.25) is 0 Å². The maximum atomic E-state index is 11.7. The van der Waals surface area contributed by atoms with Crippen LogP contribution in [-0.2, 0) is 0 Å². The van der Waals surface area contributed by atoms with E-state index in [0.717, 1.165) is 12.4 Å². The SMILES string of the molecule is CC(C)c1nc(C(=O)NCC2CCC2)n[nH]1. The second-order valence-corrected chi connectivity index (χ2v) is 4.71. The molecular formula is C11H18N4O. The number of nitrogens with zero attached hydrogens (tertiary/aromatic N) is 2. The first-order valence-corrected chi connectivity index (χ1v) is 5.87. The normalized spacial score (nSPS) is 16.2. The third-order valence-corrected chi connectivity index (χ3v) is 3.03. The zero-order valence-corrected chi connectivity index (χ0v) is 9.79. The summed E-state index contributed by atoms with van der Waals surface area (Å²) in [6.07, 6.45) is 3.75. The van der Waals surface area contributed by atoms with Crippen molar-refractivity contribution in [1.82, 2.24) is 20.5 Å². The van der Waals surface area contributed by atoms with E-state index in [4.69, 9.17) is 0 Å². The molecule has 1 aliphatic rings. The van der Waals surface area contributed by atoms with Crippen molar-refractivity contribution >= 4 is 5.91 Å². The summed E-state index contributed by atoms with van der Waals surface area (Å²) in [6, 6.07) is 0. The van der Waals surface area contributed by atoms with Crippen LogP contribution in [0.4, 0.5) is 0 Å². The first kappa shape index (κ1) is 11.1. The van der Waals surface area contributed by atoms with Crippen LogP contribution in [0.15, 0.2) is 0 Å². The molecule has 1 heterocycles. The average molecular weight is 222 g/mol. The quantitative estimate of drug-likeness (QED) is 0.810. The summed E-state index contributed by atoms with van der Waals surface area (Å²) in [4.78, 5) is 15.8. The van der Waals surface area contributed by atoms with Crippen LogP contribution in [0.1, 0.15) is 55.5 Å². The van der Waals surface area contributed by atoms with E-state index < -0.39 is 0 Å². The molecule has 88 valence electrons. The second-order valence-electron chi connectivity index (χ2n) is 4.71. The lowest BCUT2D eigenvalue weighted by Crippen LogP contribution is -2.32. The molecule has 1 aromatic rings. The number of H-pyrrole nitrogens is 1. The van der Waals surface area contributed by atoms with Crippen molar-refractivity contribution in [1.29, 1.82) is 0 Å². The van der Waals surface area contributed by atoms with Gasteiger partial charge in [0, 0.05) is 12.5 Å². The molecule has 5 heteroatoms. The van der Waals surface area contributed by atoms with E-state index in [1.54, 1.807) is 0 Å². The Balaban J connectivity index is 1.87. The second kappa shape index (κ2) is 4.63. The summed E-state index contributed by atoms with van der Waals surface area (Å²) >= 11 is 0. The molecule has 0 saturated heterocycles. The average Bonchev–Trinajstić information content (AvgIpc) is 2.63. The van der Waals surface area contributed by atoms with Crippen LogP contribution in [0.3, 0.4) is 0 Å². The summed E-state index contributed by atoms with van der Waals surface area (Å²) in [7, 11) is 0. The highest BCUT2D eigenvalue weighted by molar-refractivity contribution is 5.90. The van der Waals surface area contributed by atoms with Crippen LogP contribution in [-0.4, -0.2) is 27.6 Å².